The zero-order valence-corrected chi connectivity index (χ0v) is 12.9. The Morgan fingerprint density at radius 1 is 0.913 bits per heavy atom. The molecule has 0 aliphatic rings. The quantitative estimate of drug-likeness (QED) is 0.717. The molecule has 4 nitrogen and oxygen atoms in total. The van der Waals surface area contributed by atoms with Gasteiger partial charge < -0.3 is 0 Å². The second kappa shape index (κ2) is 6.04. The predicted molar refractivity (Wildman–Crippen MR) is 87.7 cm³/mol. The van der Waals surface area contributed by atoms with Crippen molar-refractivity contribution < 1.29 is 4.39 Å². The average molecular weight is 309 g/mol. The molecule has 0 amide bonds. The molecular weight excluding hydrogens is 293 g/mol. The molecular formula is C18H16FN3O. The van der Waals surface area contributed by atoms with Gasteiger partial charge in [-0.15, -0.1) is 0 Å². The van der Waals surface area contributed by atoms with Crippen LogP contribution in [0.3, 0.4) is 0 Å². The van der Waals surface area contributed by atoms with E-state index in [0.29, 0.717) is 11.2 Å². The van der Waals surface area contributed by atoms with Crippen molar-refractivity contribution in [1.82, 2.24) is 9.13 Å². The van der Waals surface area contributed by atoms with Crippen LogP contribution >= 0.6 is 0 Å². The number of aromatic nitrogens is 2. The summed E-state index contributed by atoms with van der Waals surface area (Å²) >= 11 is 0. The lowest BCUT2D eigenvalue weighted by Gasteiger charge is -2.11. The fourth-order valence-electron chi connectivity index (χ4n) is 2.38. The largest absolute Gasteiger partial charge is 0.329 e. The first-order valence-electron chi connectivity index (χ1n) is 7.19. The first kappa shape index (κ1) is 15.0. The van der Waals surface area contributed by atoms with Crippen LogP contribution < -0.4 is 11.2 Å². The monoisotopic (exact) mass is 309 g/mol. The highest BCUT2D eigenvalue weighted by molar-refractivity contribution is 5.58. The van der Waals surface area contributed by atoms with E-state index < -0.39 is 0 Å². The molecule has 3 rings (SSSR count). The number of rotatable bonds is 2. The molecule has 0 unspecified atom stereocenters. The zero-order valence-electron chi connectivity index (χ0n) is 12.9. The topological polar surface area (TPSA) is 39.3 Å². The van der Waals surface area contributed by atoms with Gasteiger partial charge >= 0.3 is 5.69 Å². The third kappa shape index (κ3) is 2.99. The van der Waals surface area contributed by atoms with Gasteiger partial charge in [-0.2, -0.15) is 0 Å². The highest BCUT2D eigenvalue weighted by atomic mass is 19.1. The molecule has 0 bridgehead atoms. The number of para-hydroxylation sites is 1. The van der Waals surface area contributed by atoms with E-state index in [0.717, 1.165) is 11.3 Å². The Bertz CT molecular complexity index is 954. The normalized spacial score (nSPS) is 11.7. The Kier molecular flexibility index (Phi) is 3.93. The zero-order chi connectivity index (χ0) is 16.4. The van der Waals surface area contributed by atoms with Crippen LogP contribution in [0.5, 0.6) is 0 Å². The molecule has 0 saturated heterocycles. The SMILES string of the molecule is Cn1c(-c2ccc(F)cc2)cc(=Nc2ccccc2)n(C)c1=O. The number of hydrogen-bond donors (Lipinski definition) is 0. The smallest absolute Gasteiger partial charge is 0.296 e. The summed E-state index contributed by atoms with van der Waals surface area (Å²) < 4.78 is 16.1. The van der Waals surface area contributed by atoms with E-state index in [1.54, 1.807) is 26.2 Å². The van der Waals surface area contributed by atoms with Crippen LogP contribution in [0.2, 0.25) is 0 Å². The van der Waals surface area contributed by atoms with E-state index >= 15 is 0 Å². The molecule has 2 aromatic carbocycles. The molecule has 1 aromatic heterocycles. The Balaban J connectivity index is 2.25. The van der Waals surface area contributed by atoms with Crippen LogP contribution in [-0.4, -0.2) is 9.13 Å². The minimum absolute atomic E-state index is 0.193. The highest BCUT2D eigenvalue weighted by Crippen LogP contribution is 2.16. The fraction of sp³-hybridized carbons (Fsp3) is 0.111. The van der Waals surface area contributed by atoms with Gasteiger partial charge in [0, 0.05) is 20.2 Å². The van der Waals surface area contributed by atoms with E-state index in [4.69, 9.17) is 0 Å². The van der Waals surface area contributed by atoms with Crippen LogP contribution in [0, 0.1) is 5.82 Å². The third-order valence-electron chi connectivity index (χ3n) is 3.68. The lowest BCUT2D eigenvalue weighted by atomic mass is 10.1. The number of benzene rings is 2. The van der Waals surface area contributed by atoms with Crippen molar-refractivity contribution in [3.05, 3.63) is 82.5 Å². The van der Waals surface area contributed by atoms with E-state index in [1.165, 1.54) is 21.3 Å². The van der Waals surface area contributed by atoms with Gasteiger partial charge in [-0.05, 0) is 42.0 Å². The van der Waals surface area contributed by atoms with E-state index in [9.17, 15) is 9.18 Å². The Labute approximate surface area is 132 Å². The van der Waals surface area contributed by atoms with Gasteiger partial charge in [0.25, 0.3) is 0 Å². The highest BCUT2D eigenvalue weighted by Gasteiger charge is 2.07. The molecule has 0 atom stereocenters. The van der Waals surface area contributed by atoms with Crippen LogP contribution in [-0.2, 0) is 14.1 Å². The van der Waals surface area contributed by atoms with Crippen LogP contribution in [0.1, 0.15) is 0 Å². The Morgan fingerprint density at radius 3 is 2.22 bits per heavy atom. The van der Waals surface area contributed by atoms with E-state index in [1.807, 2.05) is 36.4 Å². The molecule has 5 heteroatoms. The summed E-state index contributed by atoms with van der Waals surface area (Å²) in [4.78, 5) is 17.0. The number of halogens is 1. The maximum Gasteiger partial charge on any atom is 0.329 e. The van der Waals surface area contributed by atoms with Gasteiger partial charge in [-0.1, -0.05) is 18.2 Å². The molecule has 0 fully saturated rings. The fourth-order valence-corrected chi connectivity index (χ4v) is 2.38. The summed E-state index contributed by atoms with van der Waals surface area (Å²) in [5, 5.41) is 0. The minimum Gasteiger partial charge on any atom is -0.296 e. The maximum absolute atomic E-state index is 13.1. The van der Waals surface area contributed by atoms with Crippen molar-refractivity contribution in [2.45, 2.75) is 0 Å². The summed E-state index contributed by atoms with van der Waals surface area (Å²) in [7, 11) is 3.37. The summed E-state index contributed by atoms with van der Waals surface area (Å²) in [5.41, 5.74) is 2.56. The van der Waals surface area contributed by atoms with E-state index in [-0.39, 0.29) is 11.5 Å². The molecule has 23 heavy (non-hydrogen) atoms. The van der Waals surface area contributed by atoms with Crippen molar-refractivity contribution in [2.24, 2.45) is 19.1 Å². The number of hydrogen-bond acceptors (Lipinski definition) is 2. The van der Waals surface area contributed by atoms with Crippen LogP contribution in [0.15, 0.2) is 70.5 Å². The van der Waals surface area contributed by atoms with Crippen molar-refractivity contribution in [2.75, 3.05) is 0 Å². The van der Waals surface area contributed by atoms with Crippen LogP contribution in [0.25, 0.3) is 11.3 Å². The molecule has 116 valence electrons. The standard InChI is InChI=1S/C18H16FN3O/c1-21-16(13-8-10-14(19)11-9-13)12-17(22(2)18(21)23)20-15-6-4-3-5-7-15/h3-12H,1-2H3. The molecule has 3 aromatic rings. The number of nitrogens with zero attached hydrogens (tertiary/aromatic N) is 3. The molecule has 0 N–H and O–H groups in total. The predicted octanol–water partition coefficient (Wildman–Crippen LogP) is 2.76. The van der Waals surface area contributed by atoms with Gasteiger partial charge in [0.15, 0.2) is 0 Å². The maximum atomic E-state index is 13.1. The first-order chi connectivity index (χ1) is 11.1. The summed E-state index contributed by atoms with van der Waals surface area (Å²) in [6.45, 7) is 0. The second-order valence-electron chi connectivity index (χ2n) is 5.24. The third-order valence-corrected chi connectivity index (χ3v) is 3.68. The molecule has 0 radical (unpaired) electrons. The van der Waals surface area contributed by atoms with Crippen LogP contribution in [0.4, 0.5) is 10.1 Å². The molecule has 1 heterocycles. The van der Waals surface area contributed by atoms with Gasteiger partial charge in [-0.25, -0.2) is 14.2 Å². The lowest BCUT2D eigenvalue weighted by Crippen LogP contribution is -2.37. The summed E-state index contributed by atoms with van der Waals surface area (Å²) in [6, 6.07) is 17.3. The average Bonchev–Trinajstić information content (AvgIpc) is 2.57. The molecule has 0 spiro atoms. The van der Waals surface area contributed by atoms with Gasteiger partial charge in [0.05, 0.1) is 11.4 Å². The van der Waals surface area contributed by atoms with E-state index in [2.05, 4.69) is 4.99 Å². The van der Waals surface area contributed by atoms with Gasteiger partial charge in [0.1, 0.15) is 11.3 Å². The van der Waals surface area contributed by atoms with Crippen molar-refractivity contribution in [3.8, 4) is 11.3 Å². The summed E-state index contributed by atoms with van der Waals surface area (Å²) in [6.07, 6.45) is 0. The van der Waals surface area contributed by atoms with Gasteiger partial charge in [-0.3, -0.25) is 9.13 Å². The molecule has 0 aliphatic heterocycles. The minimum atomic E-state index is -0.311. The second-order valence-corrected chi connectivity index (χ2v) is 5.24. The Morgan fingerprint density at radius 2 is 1.57 bits per heavy atom. The molecule has 0 aliphatic carbocycles. The lowest BCUT2D eigenvalue weighted by molar-refractivity contribution is 0.627. The van der Waals surface area contributed by atoms with Crippen molar-refractivity contribution in [1.29, 1.82) is 0 Å². The first-order valence-corrected chi connectivity index (χ1v) is 7.19. The summed E-state index contributed by atoms with van der Waals surface area (Å²) in [5.74, 6) is -0.311. The van der Waals surface area contributed by atoms with Crippen molar-refractivity contribution in [3.63, 3.8) is 0 Å². The Hall–Kier alpha value is -2.95. The van der Waals surface area contributed by atoms with Crippen molar-refractivity contribution >= 4 is 5.69 Å². The molecule has 0 saturated carbocycles. The van der Waals surface area contributed by atoms with Gasteiger partial charge in [0.2, 0.25) is 0 Å².